The molecule has 136 valence electrons. The number of hydrogen-bond donors (Lipinski definition) is 1. The SMILES string of the molecule is CCCCN1CN(C)CN(C)C1.CCCNC.CCN(C)C. The van der Waals surface area contributed by atoms with E-state index in [1.165, 1.54) is 25.8 Å². The summed E-state index contributed by atoms with van der Waals surface area (Å²) in [6, 6.07) is 0. The summed E-state index contributed by atoms with van der Waals surface area (Å²) >= 11 is 0. The van der Waals surface area contributed by atoms with E-state index in [1.807, 2.05) is 7.05 Å². The Labute approximate surface area is 140 Å². The first-order valence-electron chi connectivity index (χ1n) is 8.79. The standard InChI is InChI=1S/C9H21N3.2C4H11N/c1-4-5-6-12-8-10(2)7-11(3)9-12;1-4-5(2)3;1-3-4-5-2/h4-9H2,1-3H3;4H2,1-3H3;5H,3-4H2,1-2H3. The Balaban J connectivity index is 0. The second-order valence-electron chi connectivity index (χ2n) is 6.38. The molecule has 0 aromatic heterocycles. The molecule has 0 aliphatic carbocycles. The van der Waals surface area contributed by atoms with Gasteiger partial charge in [-0.05, 0) is 61.2 Å². The molecule has 0 saturated carbocycles. The third-order valence-corrected chi connectivity index (χ3v) is 3.33. The van der Waals surface area contributed by atoms with Crippen LogP contribution < -0.4 is 5.32 Å². The van der Waals surface area contributed by atoms with Crippen molar-refractivity contribution in [3.05, 3.63) is 0 Å². The maximum atomic E-state index is 3.02. The van der Waals surface area contributed by atoms with E-state index in [9.17, 15) is 0 Å². The zero-order valence-corrected chi connectivity index (χ0v) is 16.7. The molecule has 5 heteroatoms. The Morgan fingerprint density at radius 2 is 1.41 bits per heavy atom. The van der Waals surface area contributed by atoms with E-state index in [-0.39, 0.29) is 0 Å². The Hall–Kier alpha value is -0.200. The van der Waals surface area contributed by atoms with Gasteiger partial charge in [0.15, 0.2) is 0 Å². The molecule has 0 aromatic carbocycles. The van der Waals surface area contributed by atoms with Gasteiger partial charge in [0.25, 0.3) is 0 Å². The normalized spacial score (nSPS) is 16.8. The van der Waals surface area contributed by atoms with Crippen molar-refractivity contribution in [2.75, 3.05) is 74.9 Å². The van der Waals surface area contributed by atoms with E-state index < -0.39 is 0 Å². The molecule has 0 amide bonds. The number of rotatable bonds is 6. The summed E-state index contributed by atoms with van der Waals surface area (Å²) in [4.78, 5) is 9.31. The molecule has 1 aliphatic heterocycles. The van der Waals surface area contributed by atoms with Gasteiger partial charge in [-0.1, -0.05) is 27.2 Å². The second-order valence-corrected chi connectivity index (χ2v) is 6.38. The van der Waals surface area contributed by atoms with E-state index in [4.69, 9.17) is 0 Å². The van der Waals surface area contributed by atoms with Gasteiger partial charge in [-0.2, -0.15) is 0 Å². The molecule has 1 fully saturated rings. The quantitative estimate of drug-likeness (QED) is 0.808. The fourth-order valence-corrected chi connectivity index (χ4v) is 2.00. The van der Waals surface area contributed by atoms with Crippen molar-refractivity contribution in [3.8, 4) is 0 Å². The van der Waals surface area contributed by atoms with E-state index >= 15 is 0 Å². The van der Waals surface area contributed by atoms with Crippen LogP contribution in [0.15, 0.2) is 0 Å². The first-order chi connectivity index (χ1) is 10.4. The molecule has 0 radical (unpaired) electrons. The Bertz CT molecular complexity index is 199. The van der Waals surface area contributed by atoms with E-state index in [2.05, 4.69) is 73.9 Å². The lowest BCUT2D eigenvalue weighted by Gasteiger charge is -2.38. The maximum absolute atomic E-state index is 3.02. The molecule has 0 unspecified atom stereocenters. The molecule has 22 heavy (non-hydrogen) atoms. The largest absolute Gasteiger partial charge is 0.320 e. The molecule has 1 N–H and O–H groups in total. The van der Waals surface area contributed by atoms with Crippen molar-refractivity contribution in [2.24, 2.45) is 0 Å². The molecule has 1 saturated heterocycles. The number of hydrogen-bond acceptors (Lipinski definition) is 5. The third-order valence-electron chi connectivity index (χ3n) is 3.33. The molecular weight excluding hydrogens is 274 g/mol. The summed E-state index contributed by atoms with van der Waals surface area (Å²) in [5.41, 5.74) is 0. The first kappa shape index (κ1) is 24.1. The highest BCUT2D eigenvalue weighted by atomic mass is 15.5. The van der Waals surface area contributed by atoms with Crippen molar-refractivity contribution < 1.29 is 0 Å². The van der Waals surface area contributed by atoms with Crippen LogP contribution in [0.2, 0.25) is 0 Å². The molecule has 0 aromatic rings. The molecule has 1 rings (SSSR count). The van der Waals surface area contributed by atoms with Crippen LogP contribution >= 0.6 is 0 Å². The average Bonchev–Trinajstić information content (AvgIpc) is 2.46. The predicted octanol–water partition coefficient (Wildman–Crippen LogP) is 2.02. The van der Waals surface area contributed by atoms with Gasteiger partial charge in [0.2, 0.25) is 0 Å². The minimum Gasteiger partial charge on any atom is -0.320 e. The zero-order chi connectivity index (χ0) is 17.4. The Morgan fingerprint density at radius 3 is 1.68 bits per heavy atom. The van der Waals surface area contributed by atoms with Crippen molar-refractivity contribution in [3.63, 3.8) is 0 Å². The van der Waals surface area contributed by atoms with Gasteiger partial charge in [-0.15, -0.1) is 0 Å². The van der Waals surface area contributed by atoms with Gasteiger partial charge in [-0.25, -0.2) is 0 Å². The highest BCUT2D eigenvalue weighted by Gasteiger charge is 2.16. The van der Waals surface area contributed by atoms with Crippen LogP contribution in [0.25, 0.3) is 0 Å². The van der Waals surface area contributed by atoms with Crippen LogP contribution in [0.1, 0.15) is 40.0 Å². The minimum absolute atomic E-state index is 1.10. The molecule has 0 spiro atoms. The van der Waals surface area contributed by atoms with Crippen LogP contribution in [0.5, 0.6) is 0 Å². The van der Waals surface area contributed by atoms with Crippen LogP contribution in [-0.2, 0) is 0 Å². The summed E-state index contributed by atoms with van der Waals surface area (Å²) in [5.74, 6) is 0. The van der Waals surface area contributed by atoms with Crippen LogP contribution in [0.4, 0.5) is 0 Å². The lowest BCUT2D eigenvalue weighted by atomic mass is 10.3. The van der Waals surface area contributed by atoms with Crippen LogP contribution in [0, 0.1) is 0 Å². The summed E-state index contributed by atoms with van der Waals surface area (Å²) < 4.78 is 0. The van der Waals surface area contributed by atoms with Crippen molar-refractivity contribution in [2.45, 2.75) is 40.0 Å². The molecule has 1 heterocycles. The number of nitrogens with one attached hydrogen (secondary N) is 1. The van der Waals surface area contributed by atoms with E-state index in [1.54, 1.807) is 0 Å². The zero-order valence-electron chi connectivity index (χ0n) is 16.7. The maximum Gasteiger partial charge on any atom is 0.0526 e. The summed E-state index contributed by atoms with van der Waals surface area (Å²) in [6.07, 6.45) is 3.85. The molecule has 1 aliphatic rings. The summed E-state index contributed by atoms with van der Waals surface area (Å²) in [6.45, 7) is 13.4. The topological polar surface area (TPSA) is 25.0 Å². The van der Waals surface area contributed by atoms with Gasteiger partial charge in [0.05, 0.1) is 20.0 Å². The molecular formula is C17H43N5. The van der Waals surface area contributed by atoms with Gasteiger partial charge in [-0.3, -0.25) is 14.7 Å². The van der Waals surface area contributed by atoms with Crippen LogP contribution in [0.3, 0.4) is 0 Å². The third kappa shape index (κ3) is 17.9. The van der Waals surface area contributed by atoms with Gasteiger partial charge >= 0.3 is 0 Å². The van der Waals surface area contributed by atoms with Crippen molar-refractivity contribution in [1.29, 1.82) is 0 Å². The minimum atomic E-state index is 1.10. The Kier molecular flexibility index (Phi) is 18.8. The lowest BCUT2D eigenvalue weighted by Crippen LogP contribution is -2.52. The van der Waals surface area contributed by atoms with Crippen molar-refractivity contribution in [1.82, 2.24) is 24.9 Å². The van der Waals surface area contributed by atoms with E-state index in [0.29, 0.717) is 0 Å². The van der Waals surface area contributed by atoms with Gasteiger partial charge in [0.1, 0.15) is 0 Å². The van der Waals surface area contributed by atoms with Gasteiger partial charge < -0.3 is 10.2 Å². The lowest BCUT2D eigenvalue weighted by molar-refractivity contribution is -0.00168. The van der Waals surface area contributed by atoms with E-state index in [0.717, 1.165) is 33.1 Å². The first-order valence-corrected chi connectivity index (χ1v) is 8.79. The smallest absolute Gasteiger partial charge is 0.0526 e. The fraction of sp³-hybridized carbons (Fsp3) is 1.00. The predicted molar refractivity (Wildman–Crippen MR) is 100 cm³/mol. The highest BCUT2D eigenvalue weighted by Crippen LogP contribution is 2.04. The summed E-state index contributed by atoms with van der Waals surface area (Å²) in [5, 5.41) is 3.02. The molecule has 5 nitrogen and oxygen atoms in total. The summed E-state index contributed by atoms with van der Waals surface area (Å²) in [7, 11) is 10.4. The monoisotopic (exact) mass is 317 g/mol. The fourth-order valence-electron chi connectivity index (χ4n) is 2.00. The average molecular weight is 318 g/mol. The number of nitrogens with zero attached hydrogens (tertiary/aromatic N) is 4. The van der Waals surface area contributed by atoms with Crippen molar-refractivity contribution >= 4 is 0 Å². The molecule has 0 atom stereocenters. The number of unbranched alkanes of at least 4 members (excludes halogenated alkanes) is 1. The molecule has 0 bridgehead atoms. The van der Waals surface area contributed by atoms with Gasteiger partial charge in [0, 0.05) is 6.54 Å². The highest BCUT2D eigenvalue weighted by molar-refractivity contribution is 4.63. The second kappa shape index (κ2) is 17.2. The Morgan fingerprint density at radius 1 is 0.909 bits per heavy atom. The van der Waals surface area contributed by atoms with Crippen LogP contribution in [-0.4, -0.2) is 94.5 Å².